The first kappa shape index (κ1) is 27.7. The van der Waals surface area contributed by atoms with Crippen LogP contribution in [0.15, 0.2) is 47.5 Å². The van der Waals surface area contributed by atoms with Crippen molar-refractivity contribution in [3.8, 4) is 0 Å². The highest BCUT2D eigenvalue weighted by Gasteiger charge is 2.23. The van der Waals surface area contributed by atoms with Gasteiger partial charge in [-0.2, -0.15) is 0 Å². The van der Waals surface area contributed by atoms with Crippen molar-refractivity contribution in [2.75, 3.05) is 25.0 Å². The molecule has 2 aromatic rings. The number of nitrogens with zero attached hydrogens (tertiary/aromatic N) is 2. The van der Waals surface area contributed by atoms with E-state index in [4.69, 9.17) is 28.2 Å². The number of anilines is 1. The molecule has 37 heavy (non-hydrogen) atoms. The van der Waals surface area contributed by atoms with Crippen molar-refractivity contribution in [3.05, 3.63) is 63.6 Å². The van der Waals surface area contributed by atoms with Gasteiger partial charge in [-0.3, -0.25) is 4.79 Å². The Morgan fingerprint density at radius 2 is 1.84 bits per heavy atom. The number of carbonyl (C=O) groups excluding carboxylic acids is 1. The lowest BCUT2D eigenvalue weighted by atomic mass is 9.88. The van der Waals surface area contributed by atoms with E-state index in [1.165, 1.54) is 12.8 Å². The molecule has 1 amide bonds. The van der Waals surface area contributed by atoms with E-state index in [0.29, 0.717) is 34.1 Å². The first-order valence-electron chi connectivity index (χ1n) is 13.4. The Labute approximate surface area is 231 Å². The smallest absolute Gasteiger partial charge is 0.251 e. The summed E-state index contributed by atoms with van der Waals surface area (Å²) in [5.74, 6) is 1.63. The number of halogens is 2. The summed E-state index contributed by atoms with van der Waals surface area (Å²) in [6.45, 7) is 9.31. The van der Waals surface area contributed by atoms with Crippen molar-refractivity contribution in [2.24, 2.45) is 10.9 Å². The van der Waals surface area contributed by atoms with E-state index >= 15 is 0 Å². The Kier molecular flexibility index (Phi) is 9.74. The summed E-state index contributed by atoms with van der Waals surface area (Å²) >= 11 is 12.3. The molecule has 1 saturated heterocycles. The minimum Gasteiger partial charge on any atom is -0.349 e. The van der Waals surface area contributed by atoms with Crippen LogP contribution in [0.25, 0.3) is 0 Å². The zero-order valence-corrected chi connectivity index (χ0v) is 23.6. The van der Waals surface area contributed by atoms with Crippen LogP contribution in [0.5, 0.6) is 0 Å². The molecular weight excluding hydrogens is 505 g/mol. The fourth-order valence-corrected chi connectivity index (χ4v) is 5.56. The molecule has 1 heterocycles. The van der Waals surface area contributed by atoms with Gasteiger partial charge >= 0.3 is 0 Å². The Morgan fingerprint density at radius 3 is 2.51 bits per heavy atom. The highest BCUT2D eigenvalue weighted by molar-refractivity contribution is 6.35. The number of amides is 1. The number of hydrogen-bond acceptors (Lipinski definition) is 3. The SMILES string of the molecule is CC1CCC(N=C(Nc2ccc(C(=O)NC(C)Cc3ccc(Cl)cc3Cl)cc2)N2CCN[C@@H](C)C2)CC1. The molecule has 1 saturated carbocycles. The van der Waals surface area contributed by atoms with Crippen molar-refractivity contribution in [2.45, 2.75) is 71.0 Å². The molecule has 6 nitrogen and oxygen atoms in total. The Balaban J connectivity index is 1.39. The summed E-state index contributed by atoms with van der Waals surface area (Å²) in [6, 6.07) is 13.8. The van der Waals surface area contributed by atoms with Gasteiger partial charge < -0.3 is 20.9 Å². The molecule has 0 aromatic heterocycles. The number of benzene rings is 2. The van der Waals surface area contributed by atoms with Gasteiger partial charge in [-0.1, -0.05) is 36.2 Å². The van der Waals surface area contributed by atoms with Gasteiger partial charge in [0.15, 0.2) is 5.96 Å². The minimum absolute atomic E-state index is 0.0735. The van der Waals surface area contributed by atoms with Crippen LogP contribution in [0.3, 0.4) is 0 Å². The minimum atomic E-state index is -0.106. The van der Waals surface area contributed by atoms with Crippen molar-refractivity contribution >= 4 is 40.8 Å². The van der Waals surface area contributed by atoms with E-state index in [0.717, 1.165) is 55.6 Å². The lowest BCUT2D eigenvalue weighted by Crippen LogP contribution is -2.53. The molecule has 2 aliphatic rings. The zero-order chi connectivity index (χ0) is 26.4. The molecule has 8 heteroatoms. The predicted octanol–water partition coefficient (Wildman–Crippen LogP) is 5.99. The zero-order valence-electron chi connectivity index (χ0n) is 22.1. The predicted molar refractivity (Wildman–Crippen MR) is 155 cm³/mol. The summed E-state index contributed by atoms with van der Waals surface area (Å²) < 4.78 is 0. The highest BCUT2D eigenvalue weighted by Crippen LogP contribution is 2.26. The van der Waals surface area contributed by atoms with Crippen molar-refractivity contribution < 1.29 is 4.79 Å². The largest absolute Gasteiger partial charge is 0.349 e. The Bertz CT molecular complexity index is 1080. The second-order valence-corrected chi connectivity index (χ2v) is 11.5. The van der Waals surface area contributed by atoms with Gasteiger partial charge in [0, 0.05) is 53.0 Å². The van der Waals surface area contributed by atoms with Gasteiger partial charge in [-0.05, 0) is 93.8 Å². The average molecular weight is 545 g/mol. The summed E-state index contributed by atoms with van der Waals surface area (Å²) in [7, 11) is 0. The summed E-state index contributed by atoms with van der Waals surface area (Å²) in [6.07, 6.45) is 5.40. The highest BCUT2D eigenvalue weighted by atomic mass is 35.5. The summed E-state index contributed by atoms with van der Waals surface area (Å²) in [5.41, 5.74) is 2.52. The van der Waals surface area contributed by atoms with Gasteiger partial charge in [0.1, 0.15) is 0 Å². The standard InChI is InChI=1S/C29H39Cl2N5O/c1-19-4-10-25(11-5-19)34-29(36-15-14-32-21(3)18-36)35-26-12-7-22(8-13-26)28(37)33-20(2)16-23-6-9-24(30)17-27(23)31/h6-9,12-13,17,19-21,25,32H,4-5,10-11,14-16,18H2,1-3H3,(H,33,37)(H,34,35)/t19?,20?,21-,25?/m0/s1. The first-order valence-corrected chi connectivity index (χ1v) is 14.2. The topological polar surface area (TPSA) is 68.8 Å². The van der Waals surface area contributed by atoms with Gasteiger partial charge in [-0.15, -0.1) is 0 Å². The molecule has 0 bridgehead atoms. The number of guanidine groups is 1. The second kappa shape index (κ2) is 13.0. The van der Waals surface area contributed by atoms with Crippen LogP contribution in [0.2, 0.25) is 10.0 Å². The molecule has 3 N–H and O–H groups in total. The summed E-state index contributed by atoms with van der Waals surface area (Å²) in [4.78, 5) is 20.4. The van der Waals surface area contributed by atoms with Gasteiger partial charge in [-0.25, -0.2) is 4.99 Å². The van der Waals surface area contributed by atoms with Crippen LogP contribution >= 0.6 is 23.2 Å². The fourth-order valence-electron chi connectivity index (χ4n) is 5.07. The van der Waals surface area contributed by atoms with Crippen molar-refractivity contribution in [3.63, 3.8) is 0 Å². The van der Waals surface area contributed by atoms with Crippen LogP contribution < -0.4 is 16.0 Å². The van der Waals surface area contributed by atoms with Crippen LogP contribution in [-0.2, 0) is 6.42 Å². The third kappa shape index (κ3) is 8.10. The molecule has 2 atom stereocenters. The van der Waals surface area contributed by atoms with Crippen molar-refractivity contribution in [1.29, 1.82) is 0 Å². The van der Waals surface area contributed by atoms with E-state index in [1.807, 2.05) is 43.3 Å². The number of carbonyl (C=O) groups is 1. The molecule has 1 aliphatic carbocycles. The van der Waals surface area contributed by atoms with Crippen molar-refractivity contribution in [1.82, 2.24) is 15.5 Å². The molecule has 0 radical (unpaired) electrons. The normalized spacial score (nSPS) is 23.4. The maximum atomic E-state index is 12.9. The maximum absolute atomic E-state index is 12.9. The monoisotopic (exact) mass is 543 g/mol. The van der Waals surface area contributed by atoms with E-state index in [2.05, 4.69) is 34.7 Å². The van der Waals surface area contributed by atoms with Crippen LogP contribution in [-0.4, -0.2) is 54.5 Å². The maximum Gasteiger partial charge on any atom is 0.251 e. The third-order valence-corrected chi connectivity index (χ3v) is 7.87. The van der Waals surface area contributed by atoms with E-state index in [-0.39, 0.29) is 11.9 Å². The van der Waals surface area contributed by atoms with Gasteiger partial charge in [0.25, 0.3) is 5.91 Å². The average Bonchev–Trinajstić information content (AvgIpc) is 2.87. The second-order valence-electron chi connectivity index (χ2n) is 10.7. The molecule has 4 rings (SSSR count). The first-order chi connectivity index (χ1) is 17.8. The van der Waals surface area contributed by atoms with E-state index < -0.39 is 0 Å². The lowest BCUT2D eigenvalue weighted by Gasteiger charge is -2.35. The number of aliphatic imine (C=N–C) groups is 1. The molecule has 1 unspecified atom stereocenters. The van der Waals surface area contributed by atoms with Gasteiger partial charge in [0.2, 0.25) is 0 Å². The molecule has 0 spiro atoms. The van der Waals surface area contributed by atoms with E-state index in [9.17, 15) is 4.79 Å². The van der Waals surface area contributed by atoms with Crippen LogP contribution in [0.1, 0.15) is 62.4 Å². The number of hydrogen-bond donors (Lipinski definition) is 3. The Hall–Kier alpha value is -2.28. The molecular formula is C29H39Cl2N5O. The molecule has 200 valence electrons. The third-order valence-electron chi connectivity index (χ3n) is 7.28. The number of rotatable bonds is 6. The lowest BCUT2D eigenvalue weighted by molar-refractivity contribution is 0.0940. The van der Waals surface area contributed by atoms with E-state index in [1.54, 1.807) is 6.07 Å². The molecule has 2 aromatic carbocycles. The number of piperazine rings is 1. The molecule has 2 fully saturated rings. The quantitative estimate of drug-likeness (QED) is 0.309. The van der Waals surface area contributed by atoms with Crippen LogP contribution in [0, 0.1) is 5.92 Å². The van der Waals surface area contributed by atoms with Gasteiger partial charge in [0.05, 0.1) is 6.04 Å². The Morgan fingerprint density at radius 1 is 1.11 bits per heavy atom. The fraction of sp³-hybridized carbons (Fsp3) is 0.517. The summed E-state index contributed by atoms with van der Waals surface area (Å²) in [5, 5.41) is 11.4. The van der Waals surface area contributed by atoms with Crippen LogP contribution in [0.4, 0.5) is 5.69 Å². The number of nitrogens with one attached hydrogen (secondary N) is 3. The molecule has 1 aliphatic heterocycles.